The highest BCUT2D eigenvalue weighted by molar-refractivity contribution is 5.80. The molecular formula is C15H19N2O5+. The Morgan fingerprint density at radius 2 is 2.09 bits per heavy atom. The lowest BCUT2D eigenvalue weighted by molar-refractivity contribution is -0.534. The van der Waals surface area contributed by atoms with E-state index in [4.69, 9.17) is 0 Å². The van der Waals surface area contributed by atoms with Crippen molar-refractivity contribution >= 4 is 17.4 Å². The van der Waals surface area contributed by atoms with Crippen LogP contribution in [-0.2, 0) is 4.79 Å². The fourth-order valence-electron chi connectivity index (χ4n) is 2.81. The number of benzene rings is 1. The molecule has 1 saturated heterocycles. The third-order valence-corrected chi connectivity index (χ3v) is 4.01. The zero-order valence-electron chi connectivity index (χ0n) is 12.3. The number of hydrogen-bond donors (Lipinski definition) is 2. The van der Waals surface area contributed by atoms with Gasteiger partial charge in [0.2, 0.25) is 6.04 Å². The Bertz CT molecular complexity index is 609. The first-order chi connectivity index (χ1) is 10.4. The van der Waals surface area contributed by atoms with Crippen LogP contribution in [0.2, 0.25) is 0 Å². The molecule has 7 heteroatoms. The molecule has 0 aromatic heterocycles. The summed E-state index contributed by atoms with van der Waals surface area (Å²) >= 11 is 0. The molecule has 1 aromatic rings. The van der Waals surface area contributed by atoms with Crippen molar-refractivity contribution in [3.63, 3.8) is 0 Å². The van der Waals surface area contributed by atoms with Crippen molar-refractivity contribution in [1.29, 1.82) is 0 Å². The van der Waals surface area contributed by atoms with Gasteiger partial charge in [-0.15, -0.1) is 0 Å². The molecule has 0 spiro atoms. The van der Waals surface area contributed by atoms with Crippen LogP contribution in [0, 0.1) is 10.1 Å². The van der Waals surface area contributed by atoms with E-state index in [1.807, 2.05) is 11.5 Å². The van der Waals surface area contributed by atoms with Gasteiger partial charge in [-0.05, 0) is 17.7 Å². The van der Waals surface area contributed by atoms with Crippen LogP contribution in [0.15, 0.2) is 24.3 Å². The molecule has 2 rings (SSSR count). The highest BCUT2D eigenvalue weighted by Gasteiger charge is 2.36. The number of non-ortho nitro benzene ring substituents is 1. The maximum absolute atomic E-state index is 11.2. The third kappa shape index (κ3) is 3.48. The van der Waals surface area contributed by atoms with Crippen molar-refractivity contribution in [3.05, 3.63) is 39.9 Å². The Kier molecular flexibility index (Phi) is 4.87. The van der Waals surface area contributed by atoms with E-state index in [2.05, 4.69) is 0 Å². The Hall–Kier alpha value is -2.28. The summed E-state index contributed by atoms with van der Waals surface area (Å²) in [6.45, 7) is 2.49. The number of nitro benzene ring substituents is 1. The first-order valence-corrected chi connectivity index (χ1v) is 7.14. The molecule has 7 nitrogen and oxygen atoms in total. The van der Waals surface area contributed by atoms with Crippen molar-refractivity contribution in [2.45, 2.75) is 38.3 Å². The van der Waals surface area contributed by atoms with Gasteiger partial charge in [-0.25, -0.2) is 9.37 Å². The van der Waals surface area contributed by atoms with Gasteiger partial charge < -0.3 is 10.2 Å². The van der Waals surface area contributed by atoms with E-state index in [1.54, 1.807) is 0 Å². The second-order valence-electron chi connectivity index (χ2n) is 5.49. The summed E-state index contributed by atoms with van der Waals surface area (Å²) in [5.74, 6) is -0.846. The molecule has 0 aliphatic carbocycles. The minimum Gasteiger partial charge on any atom is -0.476 e. The van der Waals surface area contributed by atoms with Crippen molar-refractivity contribution < 1.29 is 24.5 Å². The van der Waals surface area contributed by atoms with Crippen molar-refractivity contribution in [2.75, 3.05) is 6.54 Å². The van der Waals surface area contributed by atoms with E-state index in [1.165, 1.54) is 24.3 Å². The number of hydrogen-bond acceptors (Lipinski definition) is 4. The lowest BCUT2D eigenvalue weighted by Gasteiger charge is -2.11. The average Bonchev–Trinajstić information content (AvgIpc) is 2.97. The molecule has 1 aliphatic heterocycles. The SMILES string of the molecule is CC(C[C@@H](O)c1ccc([N+](=O)[O-])cc1)=[N+]1CCC[C@H]1C(=O)O. The lowest BCUT2D eigenvalue weighted by atomic mass is 10.0. The molecule has 2 atom stereocenters. The van der Waals surface area contributed by atoms with Crippen LogP contribution >= 0.6 is 0 Å². The zero-order valence-corrected chi connectivity index (χ0v) is 12.3. The second kappa shape index (κ2) is 6.65. The Morgan fingerprint density at radius 3 is 2.64 bits per heavy atom. The fraction of sp³-hybridized carbons (Fsp3) is 0.467. The van der Waals surface area contributed by atoms with Gasteiger partial charge in [-0.2, -0.15) is 0 Å². The number of carboxylic acids is 1. The molecule has 118 valence electrons. The van der Waals surface area contributed by atoms with Crippen LogP contribution in [0.4, 0.5) is 5.69 Å². The van der Waals surface area contributed by atoms with E-state index < -0.39 is 23.0 Å². The van der Waals surface area contributed by atoms with Gasteiger partial charge in [0, 0.05) is 31.9 Å². The van der Waals surface area contributed by atoms with Crippen molar-refractivity contribution in [3.8, 4) is 0 Å². The first-order valence-electron chi connectivity index (χ1n) is 7.14. The van der Waals surface area contributed by atoms with Gasteiger partial charge >= 0.3 is 5.97 Å². The number of rotatable bonds is 5. The molecule has 0 amide bonds. The third-order valence-electron chi connectivity index (χ3n) is 4.01. The van der Waals surface area contributed by atoms with Crippen molar-refractivity contribution in [1.82, 2.24) is 0 Å². The normalized spacial score (nSPS) is 21.5. The first kappa shape index (κ1) is 16.1. The van der Waals surface area contributed by atoms with Gasteiger partial charge in [0.15, 0.2) is 5.71 Å². The minimum absolute atomic E-state index is 0.0258. The number of aliphatic hydroxyl groups excluding tert-OH is 1. The molecule has 0 bridgehead atoms. The molecule has 22 heavy (non-hydrogen) atoms. The predicted octanol–water partition coefficient (Wildman–Crippen LogP) is 1.74. The largest absolute Gasteiger partial charge is 0.476 e. The van der Waals surface area contributed by atoms with Gasteiger partial charge in [0.25, 0.3) is 5.69 Å². The molecule has 1 aliphatic rings. The number of carbonyl (C=O) groups is 1. The molecule has 0 unspecified atom stereocenters. The summed E-state index contributed by atoms with van der Waals surface area (Å²) in [5, 5.41) is 30.0. The van der Waals surface area contributed by atoms with E-state index in [-0.39, 0.29) is 5.69 Å². The van der Waals surface area contributed by atoms with E-state index in [9.17, 15) is 25.1 Å². The summed E-state index contributed by atoms with van der Waals surface area (Å²) in [5.41, 5.74) is 1.37. The predicted molar refractivity (Wildman–Crippen MR) is 79.1 cm³/mol. The second-order valence-corrected chi connectivity index (χ2v) is 5.49. The molecule has 1 fully saturated rings. The number of carboxylic acid groups (broad SMARTS) is 1. The van der Waals surface area contributed by atoms with E-state index in [0.29, 0.717) is 24.9 Å². The zero-order chi connectivity index (χ0) is 16.3. The summed E-state index contributed by atoms with van der Waals surface area (Å²) < 4.78 is 1.82. The van der Waals surface area contributed by atoms with Crippen LogP contribution in [0.5, 0.6) is 0 Å². The summed E-state index contributed by atoms with van der Waals surface area (Å²) in [6.07, 6.45) is 0.931. The highest BCUT2D eigenvalue weighted by atomic mass is 16.6. The molecule has 2 N–H and O–H groups in total. The Morgan fingerprint density at radius 1 is 1.45 bits per heavy atom. The maximum atomic E-state index is 11.2. The monoisotopic (exact) mass is 307 g/mol. The molecule has 0 radical (unpaired) electrons. The average molecular weight is 307 g/mol. The quantitative estimate of drug-likeness (QED) is 0.490. The highest BCUT2D eigenvalue weighted by Crippen LogP contribution is 2.22. The van der Waals surface area contributed by atoms with Crippen LogP contribution in [-0.4, -0.2) is 44.0 Å². The smallest absolute Gasteiger partial charge is 0.372 e. The van der Waals surface area contributed by atoms with Crippen molar-refractivity contribution in [2.24, 2.45) is 0 Å². The number of nitrogens with zero attached hydrogens (tertiary/aromatic N) is 2. The maximum Gasteiger partial charge on any atom is 0.372 e. The summed E-state index contributed by atoms with van der Waals surface area (Å²) in [6, 6.07) is 5.22. The Balaban J connectivity index is 2.12. The minimum atomic E-state index is -0.846. The van der Waals surface area contributed by atoms with E-state index in [0.717, 1.165) is 12.1 Å². The number of aliphatic hydroxyl groups is 1. The summed E-state index contributed by atoms with van der Waals surface area (Å²) in [4.78, 5) is 21.3. The molecular weight excluding hydrogens is 288 g/mol. The van der Waals surface area contributed by atoms with Gasteiger partial charge in [-0.1, -0.05) is 0 Å². The fourth-order valence-corrected chi connectivity index (χ4v) is 2.81. The van der Waals surface area contributed by atoms with Crippen LogP contribution in [0.3, 0.4) is 0 Å². The Labute approximate surface area is 127 Å². The topological polar surface area (TPSA) is 104 Å². The standard InChI is InChI=1S/C15H18N2O5/c1-10(16-8-2-3-13(16)15(19)20)9-14(18)11-4-6-12(7-5-11)17(21)22/h4-7,13-14,18H,2-3,8-9H2,1H3/p+1/t13-,14+/m0/s1. The summed E-state index contributed by atoms with van der Waals surface area (Å²) in [7, 11) is 0. The van der Waals surface area contributed by atoms with Crippen LogP contribution < -0.4 is 0 Å². The number of nitro groups is 1. The molecule has 1 aromatic carbocycles. The number of aliphatic carboxylic acids is 1. The van der Waals surface area contributed by atoms with Crippen LogP contribution in [0.25, 0.3) is 0 Å². The molecule has 0 saturated carbocycles. The molecule has 1 heterocycles. The lowest BCUT2D eigenvalue weighted by Crippen LogP contribution is -2.32. The van der Waals surface area contributed by atoms with E-state index >= 15 is 0 Å². The van der Waals surface area contributed by atoms with Gasteiger partial charge in [0.05, 0.1) is 17.4 Å². The van der Waals surface area contributed by atoms with Gasteiger partial charge in [-0.3, -0.25) is 10.1 Å². The van der Waals surface area contributed by atoms with Crippen LogP contribution in [0.1, 0.15) is 37.9 Å². The van der Waals surface area contributed by atoms with Gasteiger partial charge in [0.1, 0.15) is 6.54 Å².